The van der Waals surface area contributed by atoms with Crippen LogP contribution in [-0.4, -0.2) is 28.7 Å². The molecule has 2 heterocycles. The normalized spacial score (nSPS) is 11.1. The smallest absolute Gasteiger partial charge is 0.269 e. The van der Waals surface area contributed by atoms with Crippen molar-refractivity contribution in [3.63, 3.8) is 0 Å². The molecule has 192 valence electrons. The number of methoxy groups -OCH3 is 2. The van der Waals surface area contributed by atoms with E-state index in [0.717, 1.165) is 5.56 Å². The van der Waals surface area contributed by atoms with E-state index in [1.165, 1.54) is 35.9 Å². The Kier molecular flexibility index (Phi) is 6.68. The lowest BCUT2D eigenvalue weighted by Gasteiger charge is -2.14. The zero-order chi connectivity index (χ0) is 27.0. The summed E-state index contributed by atoms with van der Waals surface area (Å²) in [6.07, 6.45) is 0.401. The molecule has 38 heavy (non-hydrogen) atoms. The number of fused-ring (bicyclic) bond motifs is 2. The summed E-state index contributed by atoms with van der Waals surface area (Å²) in [4.78, 5) is 42.4. The molecule has 0 unspecified atom stereocenters. The second-order valence-electron chi connectivity index (χ2n) is 8.39. The minimum absolute atomic E-state index is 0.100. The van der Waals surface area contributed by atoms with Gasteiger partial charge in [-0.25, -0.2) is 0 Å². The van der Waals surface area contributed by atoms with Crippen molar-refractivity contribution in [3.8, 4) is 22.9 Å². The number of halogens is 1. The van der Waals surface area contributed by atoms with E-state index in [-0.39, 0.29) is 40.1 Å². The van der Waals surface area contributed by atoms with Crippen LogP contribution in [0.4, 0.5) is 5.69 Å². The van der Waals surface area contributed by atoms with Crippen LogP contribution in [0.5, 0.6) is 11.5 Å². The number of hydrogen-bond donors (Lipinski definition) is 0. The molecule has 0 saturated carbocycles. The zero-order valence-electron chi connectivity index (χ0n) is 20.3. The van der Waals surface area contributed by atoms with Crippen LogP contribution in [0.1, 0.15) is 5.56 Å². The fraction of sp³-hybridized carbons (Fsp3) is 0.148. The van der Waals surface area contributed by atoms with Gasteiger partial charge in [0, 0.05) is 28.7 Å². The van der Waals surface area contributed by atoms with E-state index < -0.39 is 15.9 Å². The van der Waals surface area contributed by atoms with E-state index in [4.69, 9.17) is 13.9 Å². The van der Waals surface area contributed by atoms with Crippen molar-refractivity contribution in [1.29, 1.82) is 0 Å². The van der Waals surface area contributed by atoms with Crippen molar-refractivity contribution >= 4 is 43.7 Å². The molecule has 0 N–H and O–H groups in total. The summed E-state index contributed by atoms with van der Waals surface area (Å²) in [5.41, 5.74) is 0.339. The van der Waals surface area contributed by atoms with Crippen LogP contribution < -0.4 is 20.5 Å². The molecule has 0 saturated heterocycles. The van der Waals surface area contributed by atoms with Crippen LogP contribution in [0.25, 0.3) is 33.5 Å². The number of rotatable bonds is 7. The molecular weight excluding hydrogens is 558 g/mol. The van der Waals surface area contributed by atoms with E-state index in [1.54, 1.807) is 31.4 Å². The Balaban J connectivity index is 1.70. The summed E-state index contributed by atoms with van der Waals surface area (Å²) < 4.78 is 18.6. The monoisotopic (exact) mass is 577 g/mol. The van der Waals surface area contributed by atoms with Crippen LogP contribution in [0.3, 0.4) is 0 Å². The lowest BCUT2D eigenvalue weighted by molar-refractivity contribution is -0.384. The molecule has 0 bridgehead atoms. The number of aryl methyl sites for hydroxylation is 1. The van der Waals surface area contributed by atoms with Gasteiger partial charge in [-0.2, -0.15) is 4.98 Å². The molecule has 0 amide bonds. The van der Waals surface area contributed by atoms with E-state index in [2.05, 4.69) is 20.9 Å². The predicted octanol–water partition coefficient (Wildman–Crippen LogP) is 5.10. The summed E-state index contributed by atoms with van der Waals surface area (Å²) in [6.45, 7) is 0.166. The van der Waals surface area contributed by atoms with Crippen molar-refractivity contribution in [2.75, 3.05) is 14.2 Å². The number of non-ortho nitro benzene ring substituents is 1. The van der Waals surface area contributed by atoms with Crippen molar-refractivity contribution < 1.29 is 18.8 Å². The number of nitro benzene ring substituents is 1. The second kappa shape index (κ2) is 10.1. The lowest BCUT2D eigenvalue weighted by atomic mass is 10.1. The number of nitrogens with zero attached hydrogens (tertiary/aromatic N) is 3. The topological polar surface area (TPSA) is 127 Å². The Morgan fingerprint density at radius 1 is 1.00 bits per heavy atom. The summed E-state index contributed by atoms with van der Waals surface area (Å²) >= 11 is 3.35. The van der Waals surface area contributed by atoms with Crippen molar-refractivity contribution in [3.05, 3.63) is 101 Å². The maximum absolute atomic E-state index is 13.8. The Morgan fingerprint density at radius 3 is 2.42 bits per heavy atom. The number of hydrogen-bond acceptors (Lipinski definition) is 8. The first kappa shape index (κ1) is 25.2. The van der Waals surface area contributed by atoms with Gasteiger partial charge in [0.05, 0.1) is 24.5 Å². The van der Waals surface area contributed by atoms with Crippen LogP contribution in [0.15, 0.2) is 79.1 Å². The molecule has 0 spiro atoms. The van der Waals surface area contributed by atoms with Gasteiger partial charge in [0.2, 0.25) is 11.1 Å². The summed E-state index contributed by atoms with van der Waals surface area (Å²) in [5, 5.41) is 11.2. The molecule has 5 aromatic rings. The standard InChI is InChI=1S/C27H20BrN3O7/c1-36-21-9-3-15(13-22(21)37-2)11-12-30-25(16-4-7-18(8-5-16)31(34)35)29-26-23(27(30)33)24(32)19-14-17(28)6-10-20(19)38-26/h3-10,13-14H,11-12H2,1-2H3. The maximum Gasteiger partial charge on any atom is 0.269 e. The van der Waals surface area contributed by atoms with Gasteiger partial charge in [-0.15, -0.1) is 0 Å². The van der Waals surface area contributed by atoms with Crippen LogP contribution in [0, 0.1) is 10.1 Å². The molecule has 0 aliphatic carbocycles. The predicted molar refractivity (Wildman–Crippen MR) is 145 cm³/mol. The fourth-order valence-corrected chi connectivity index (χ4v) is 4.61. The summed E-state index contributed by atoms with van der Waals surface area (Å²) in [6, 6.07) is 16.0. The van der Waals surface area contributed by atoms with E-state index in [0.29, 0.717) is 28.0 Å². The summed E-state index contributed by atoms with van der Waals surface area (Å²) in [5.74, 6) is 1.34. The SMILES string of the molecule is COc1ccc(CCn2c(-c3ccc([N+](=O)[O-])cc3)nc3oc4ccc(Br)cc4c(=O)c3c2=O)cc1OC. The number of ether oxygens (including phenoxy) is 2. The number of benzene rings is 3. The molecule has 10 nitrogen and oxygen atoms in total. The molecule has 0 atom stereocenters. The molecular formula is C27H20BrN3O7. The van der Waals surface area contributed by atoms with E-state index >= 15 is 0 Å². The first-order chi connectivity index (χ1) is 18.3. The minimum atomic E-state index is -0.570. The highest BCUT2D eigenvalue weighted by Gasteiger charge is 2.20. The van der Waals surface area contributed by atoms with Gasteiger partial charge in [-0.05, 0) is 54.4 Å². The summed E-state index contributed by atoms with van der Waals surface area (Å²) in [7, 11) is 3.08. The lowest BCUT2D eigenvalue weighted by Crippen LogP contribution is -2.28. The molecule has 0 fully saturated rings. The van der Waals surface area contributed by atoms with E-state index in [1.807, 2.05) is 12.1 Å². The van der Waals surface area contributed by atoms with Crippen LogP contribution >= 0.6 is 15.9 Å². The molecule has 3 aromatic carbocycles. The van der Waals surface area contributed by atoms with Gasteiger partial charge in [0.25, 0.3) is 11.2 Å². The molecule has 11 heteroatoms. The third-order valence-electron chi connectivity index (χ3n) is 6.16. The second-order valence-corrected chi connectivity index (χ2v) is 9.30. The molecule has 5 rings (SSSR count). The average molecular weight is 578 g/mol. The van der Waals surface area contributed by atoms with Gasteiger partial charge in [0.15, 0.2) is 16.9 Å². The van der Waals surface area contributed by atoms with Crippen molar-refractivity contribution in [2.24, 2.45) is 0 Å². The van der Waals surface area contributed by atoms with Crippen LogP contribution in [-0.2, 0) is 13.0 Å². The quantitative estimate of drug-likeness (QED) is 0.148. The molecule has 0 aliphatic rings. The Hall–Kier alpha value is -4.51. The Labute approximate surface area is 223 Å². The van der Waals surface area contributed by atoms with Gasteiger partial charge >= 0.3 is 0 Å². The average Bonchev–Trinajstić information content (AvgIpc) is 2.92. The van der Waals surface area contributed by atoms with E-state index in [9.17, 15) is 19.7 Å². The number of aromatic nitrogens is 2. The first-order valence-electron chi connectivity index (χ1n) is 11.4. The van der Waals surface area contributed by atoms with Crippen molar-refractivity contribution in [1.82, 2.24) is 9.55 Å². The zero-order valence-corrected chi connectivity index (χ0v) is 21.9. The molecule has 2 aromatic heterocycles. The fourth-order valence-electron chi connectivity index (χ4n) is 4.25. The van der Waals surface area contributed by atoms with Crippen molar-refractivity contribution in [2.45, 2.75) is 13.0 Å². The van der Waals surface area contributed by atoms with Gasteiger partial charge in [0.1, 0.15) is 11.4 Å². The third kappa shape index (κ3) is 4.52. The first-order valence-corrected chi connectivity index (χ1v) is 12.2. The maximum atomic E-state index is 13.8. The van der Waals surface area contributed by atoms with Crippen LogP contribution in [0.2, 0.25) is 0 Å². The molecule has 0 aliphatic heterocycles. The van der Waals surface area contributed by atoms with Gasteiger partial charge < -0.3 is 13.9 Å². The number of nitro groups is 1. The molecule has 0 radical (unpaired) electrons. The van der Waals surface area contributed by atoms with Gasteiger partial charge in [-0.3, -0.25) is 24.3 Å². The van der Waals surface area contributed by atoms with Gasteiger partial charge in [-0.1, -0.05) is 22.0 Å². The highest BCUT2D eigenvalue weighted by molar-refractivity contribution is 9.10. The Bertz CT molecular complexity index is 1830. The highest BCUT2D eigenvalue weighted by Crippen LogP contribution is 2.29. The highest BCUT2D eigenvalue weighted by atomic mass is 79.9. The largest absolute Gasteiger partial charge is 0.493 e. The Morgan fingerprint density at radius 2 is 1.74 bits per heavy atom. The third-order valence-corrected chi connectivity index (χ3v) is 6.66. The minimum Gasteiger partial charge on any atom is -0.493 e.